The number of nitrogens with one attached hydrogen (secondary N) is 3. The average molecular weight is 1610 g/mol. The molecule has 1 fully saturated rings. The number of Topliss-reactive ketones (excluding diaryl/α,β-unsaturated/α-hetero) is 1. The van der Waals surface area contributed by atoms with E-state index in [1.165, 1.54) is 159 Å². The van der Waals surface area contributed by atoms with Gasteiger partial charge in [-0.1, -0.05) is 385 Å². The average Bonchev–Trinajstić information content (AvgIpc) is 1.50. The molecule has 0 spiro atoms. The largest absolute Gasteiger partial charge is 0.398 e. The first-order valence-corrected chi connectivity index (χ1v) is 40.1. The van der Waals surface area contributed by atoms with Crippen molar-refractivity contribution in [3.63, 3.8) is 0 Å². The van der Waals surface area contributed by atoms with Gasteiger partial charge in [-0.25, -0.2) is 5.43 Å². The smallest absolute Gasteiger partial charge is 0.137 e. The predicted octanol–water partition coefficient (Wildman–Crippen LogP) is 28.1. The molecule has 7 nitrogen and oxygen atoms in total. The van der Waals surface area contributed by atoms with Crippen molar-refractivity contribution in [1.82, 2.24) is 10.4 Å². The van der Waals surface area contributed by atoms with Crippen LogP contribution >= 0.6 is 31.9 Å². The zero-order valence-electron chi connectivity index (χ0n) is 64.5. The number of hydrogen-bond donors (Lipinski definition) is 5. The first kappa shape index (κ1) is 75.6. The van der Waals surface area contributed by atoms with Crippen LogP contribution < -0.4 is 17.0 Å². The van der Waals surface area contributed by atoms with Crippen molar-refractivity contribution in [2.75, 3.05) is 18.9 Å². The second-order valence-electron chi connectivity index (χ2n) is 28.5. The number of hydrogen-bond acceptors (Lipinski definition) is 6. The summed E-state index contributed by atoms with van der Waals surface area (Å²) < 4.78 is 17.2. The Hall–Kier alpha value is -12.4. The summed E-state index contributed by atoms with van der Waals surface area (Å²) in [7, 11) is 0. The molecule has 0 unspecified atom stereocenters. The van der Waals surface area contributed by atoms with Crippen molar-refractivity contribution in [3.05, 3.63) is 412 Å². The number of ketones is 1. The quantitative estimate of drug-likeness (QED) is 0.0385. The minimum atomic E-state index is 0. The van der Waals surface area contributed by atoms with Crippen molar-refractivity contribution in [2.45, 2.75) is 45.6 Å². The Labute approximate surface area is 684 Å². The number of anilines is 1. The molecule has 2 heterocycles. The second-order valence-corrected chi connectivity index (χ2v) is 30.2. The van der Waals surface area contributed by atoms with Crippen LogP contribution in [0.4, 0.5) is 5.69 Å². The molecular weight excluding hydrogens is 1520 g/mol. The van der Waals surface area contributed by atoms with Crippen molar-refractivity contribution in [2.24, 2.45) is 5.84 Å². The Kier molecular flexibility index (Phi) is 23.8. The number of benzene rings is 19. The van der Waals surface area contributed by atoms with Crippen LogP contribution in [0.1, 0.15) is 69.1 Å². The summed E-state index contributed by atoms with van der Waals surface area (Å²) in [5, 5.41) is 36.1. The van der Waals surface area contributed by atoms with E-state index in [9.17, 15) is 4.79 Å². The van der Waals surface area contributed by atoms with Gasteiger partial charge in [-0.2, -0.15) is 0 Å². The highest BCUT2D eigenvalue weighted by Crippen LogP contribution is 2.45. The number of aromatic nitrogens is 1. The van der Waals surface area contributed by atoms with Crippen molar-refractivity contribution < 1.29 is 12.5 Å². The Balaban J connectivity index is 0.000000115. The highest BCUT2D eigenvalue weighted by molar-refractivity contribution is 9.11. The van der Waals surface area contributed by atoms with Crippen LogP contribution in [0.15, 0.2) is 379 Å². The molecular formula is C105H89Br2N5O2. The first-order valence-electron chi connectivity index (χ1n) is 39.5. The molecule has 560 valence electrons. The Bertz CT molecular complexity index is 6670. The number of carbonyl (C=O) groups excluding carboxylic acids is 1. The van der Waals surface area contributed by atoms with Gasteiger partial charge in [-0.15, -0.1) is 0 Å². The molecule has 20 aromatic rings. The molecule has 9 heteroatoms. The van der Waals surface area contributed by atoms with E-state index in [0.717, 1.165) is 57.2 Å². The number of nitrogens with two attached hydrogens (primary N) is 2. The standard InChI is InChI=1S/C28H17N.C18H10Br2.C18H13N.C13H14N2.C13H11N.C10H10O.C4H8O.CH4.H2/c1-3-9-19-17(7-1)13-15-22-21-11-5-6-12-23(21)28-27(25(19)22)26-20-10-4-2-8-18(20)14-16-24(26)29-28;19-17-10-16-12-6-2-4-8-14(12)18(20)9-15(16)11-5-1-3-7-13(11)17;19-18-11-17-13-6-2-1-5-12(13)9-10-15(17)14-7-3-4-8-16(14)18;14-15-13(11-7-3-1-4-8-11)12-9-5-2-6-10-12;14-13(11-7-3-1-4-8-11)12-9-5-2-6-10-12;11-10-6-5-8-3-1-2-4-9(8)7-10;1-2-4-5-3-1;;/h1-16,29H;1-10H;1-11H,19H2;1-10,13,15H,14H2;1-10,14H;1-4H,5-7H2;1-4H2;1H4;1H/i;;;;;;;;1+1D. The van der Waals surface area contributed by atoms with Crippen LogP contribution in [-0.4, -0.2) is 29.7 Å². The van der Waals surface area contributed by atoms with Crippen molar-refractivity contribution >= 4 is 179 Å². The lowest BCUT2D eigenvalue weighted by molar-refractivity contribution is -0.118. The normalized spacial score (nSPS) is 12.3. The van der Waals surface area contributed by atoms with Gasteiger partial charge in [0.2, 0.25) is 0 Å². The van der Waals surface area contributed by atoms with Gasteiger partial charge in [0, 0.05) is 76.1 Å². The predicted molar refractivity (Wildman–Crippen MR) is 497 cm³/mol. The number of ether oxygens (including phenoxy) is 1. The third-order valence-electron chi connectivity index (χ3n) is 21.5. The molecule has 22 rings (SSSR count). The molecule has 7 N–H and O–H groups in total. The first-order chi connectivity index (χ1) is 56.6. The van der Waals surface area contributed by atoms with Crippen LogP contribution in [0.2, 0.25) is 0 Å². The van der Waals surface area contributed by atoms with Crippen LogP contribution in [0.25, 0.3) is 130 Å². The van der Waals surface area contributed by atoms with Crippen LogP contribution in [0, 0.1) is 5.41 Å². The fraction of sp³-hybridized carbons (Fsp3) is 0.0857. The number of H-pyrrole nitrogens is 1. The highest BCUT2D eigenvalue weighted by Gasteiger charge is 2.19. The summed E-state index contributed by atoms with van der Waals surface area (Å²) in [6.45, 7) is 2.00. The lowest BCUT2D eigenvalue weighted by atomic mass is 9.91. The molecule has 19 aromatic carbocycles. The minimum Gasteiger partial charge on any atom is -0.398 e. The zero-order valence-corrected chi connectivity index (χ0v) is 65.6. The highest BCUT2D eigenvalue weighted by atomic mass is 79.9. The molecule has 0 amide bonds. The SMILES string of the molecule is Brc1cc2c3ccccc3c(Br)cc2c2ccccc12.C.C1CCOC1.N=C(c1ccccc1)c1ccccc1.NNC(c1ccccc1)c1ccccc1.Nc1cc2c3ccccc3ccc2c2ccccc12.O=C1CCc2ccccc2C1.[2H][2H].c1ccc2c(c1)ccc1[nH]c3c4ccccc4c4ccc5ccccc5c4c3c12. The van der Waals surface area contributed by atoms with Crippen LogP contribution in [0.5, 0.6) is 0 Å². The maximum Gasteiger partial charge on any atom is 0.137 e. The third kappa shape index (κ3) is 16.4. The van der Waals surface area contributed by atoms with E-state index in [1.807, 2.05) is 121 Å². The van der Waals surface area contributed by atoms with E-state index < -0.39 is 0 Å². The van der Waals surface area contributed by atoms with Gasteiger partial charge in [0.05, 0.1) is 17.3 Å². The molecule has 0 bridgehead atoms. The van der Waals surface area contributed by atoms with Crippen molar-refractivity contribution in [3.8, 4) is 0 Å². The summed E-state index contributed by atoms with van der Waals surface area (Å²) in [5.74, 6) is 5.97. The fourth-order valence-electron chi connectivity index (χ4n) is 16.0. The Morgan fingerprint density at radius 1 is 0.377 bits per heavy atom. The van der Waals surface area contributed by atoms with Crippen molar-refractivity contribution in [1.29, 1.82) is 5.41 Å². The summed E-state index contributed by atoms with van der Waals surface area (Å²) >= 11 is 7.42. The number of halogens is 2. The molecule has 1 aromatic heterocycles. The zero-order chi connectivity index (χ0) is 79.0. The summed E-state index contributed by atoms with van der Waals surface area (Å²) in [6, 6.07) is 128. The van der Waals surface area contributed by atoms with E-state index >= 15 is 0 Å². The second kappa shape index (κ2) is 35.9. The molecule has 1 aliphatic carbocycles. The van der Waals surface area contributed by atoms with Gasteiger partial charge in [-0.3, -0.25) is 16.0 Å². The molecule has 0 radical (unpaired) electrons. The van der Waals surface area contributed by atoms with Gasteiger partial charge < -0.3 is 15.5 Å². The Morgan fingerprint density at radius 2 is 0.754 bits per heavy atom. The van der Waals surface area contributed by atoms with Gasteiger partial charge >= 0.3 is 0 Å². The minimum absolute atomic E-state index is 0. The fourth-order valence-corrected chi connectivity index (χ4v) is 17.1. The number of hydrazine groups is 1. The summed E-state index contributed by atoms with van der Waals surface area (Å²) in [5.41, 5.74) is 19.7. The topological polar surface area (TPSA) is 130 Å². The maximum atomic E-state index is 11.0. The van der Waals surface area contributed by atoms with E-state index in [2.05, 4.69) is 291 Å². The van der Waals surface area contributed by atoms with Crippen LogP contribution in [-0.2, 0) is 22.4 Å². The van der Waals surface area contributed by atoms with Gasteiger partial charge in [-0.05, 0) is 168 Å². The van der Waals surface area contributed by atoms with E-state index in [-0.39, 0.29) is 13.5 Å². The lowest BCUT2D eigenvalue weighted by Crippen LogP contribution is -2.28. The van der Waals surface area contributed by atoms with Gasteiger partial charge in [0.15, 0.2) is 0 Å². The maximum absolute atomic E-state index is 11.0. The lowest BCUT2D eigenvalue weighted by Gasteiger charge is -2.16. The van der Waals surface area contributed by atoms with Gasteiger partial charge in [0.1, 0.15) is 5.78 Å². The van der Waals surface area contributed by atoms with E-state index in [1.54, 1.807) is 0 Å². The van der Waals surface area contributed by atoms with Crippen LogP contribution in [0.3, 0.4) is 0 Å². The number of nitrogen functional groups attached to an aromatic ring is 1. The van der Waals surface area contributed by atoms with E-state index in [0.29, 0.717) is 17.9 Å². The van der Waals surface area contributed by atoms with Gasteiger partial charge in [0.25, 0.3) is 0 Å². The third-order valence-corrected chi connectivity index (χ3v) is 22.8. The summed E-state index contributed by atoms with van der Waals surface area (Å²) in [6.07, 6.45) is 4.88. The number of fused-ring (bicyclic) bond motifs is 23. The molecule has 0 saturated carbocycles. The number of aromatic amines is 1. The summed E-state index contributed by atoms with van der Waals surface area (Å²) in [4.78, 5) is 14.8. The Morgan fingerprint density at radius 3 is 1.26 bits per heavy atom. The number of carbonyl (C=O) groups is 1. The molecule has 1 saturated heterocycles. The van der Waals surface area contributed by atoms with E-state index in [4.69, 9.17) is 24.7 Å². The molecule has 114 heavy (non-hydrogen) atoms. The molecule has 1 aliphatic heterocycles. The molecule has 0 atom stereocenters. The molecule has 2 aliphatic rings. The number of rotatable bonds is 5. The monoisotopic (exact) mass is 1610 g/mol. The number of aryl methyl sites for hydroxylation is 1.